The third kappa shape index (κ3) is 21.7. The van der Waals surface area contributed by atoms with Crippen LogP contribution in [-0.2, 0) is 14.4 Å². The third-order valence-corrected chi connectivity index (χ3v) is 2.13. The molecule has 5 N–H and O–H groups in total. The highest BCUT2D eigenvalue weighted by Crippen LogP contribution is 2.15. The minimum absolute atomic E-state index is 0.546. The summed E-state index contributed by atoms with van der Waals surface area (Å²) in [4.78, 5) is 26.7. The van der Waals surface area contributed by atoms with E-state index in [1.54, 1.807) is 0 Å². The quantitative estimate of drug-likeness (QED) is 0.436. The van der Waals surface area contributed by atoms with Gasteiger partial charge in [-0.2, -0.15) is 39.5 Å². The van der Waals surface area contributed by atoms with Crippen molar-refractivity contribution in [2.75, 3.05) is 0 Å². The van der Waals surface area contributed by atoms with Gasteiger partial charge in [0.15, 0.2) is 0 Å². The Balaban J connectivity index is -0.000000285. The molecule has 0 aliphatic heterocycles. The third-order valence-electron chi connectivity index (χ3n) is 2.13. The second kappa shape index (κ2) is 12.2. The van der Waals surface area contributed by atoms with Crippen molar-refractivity contribution in [1.82, 2.24) is 0 Å². The van der Waals surface area contributed by atoms with Crippen molar-refractivity contribution in [1.29, 1.82) is 0 Å². The first-order chi connectivity index (χ1) is 11.7. The number of hydrogen-bond acceptors (Lipinski definition) is 4. The zero-order valence-corrected chi connectivity index (χ0v) is 13.0. The Bertz CT molecular complexity index is 409. The molecule has 0 heterocycles. The van der Waals surface area contributed by atoms with Crippen molar-refractivity contribution in [2.45, 2.75) is 50.3 Å². The van der Waals surface area contributed by atoms with E-state index < -0.39 is 36.4 Å². The van der Waals surface area contributed by atoms with Crippen LogP contribution in [0.4, 0.5) is 39.5 Å². The molecule has 1 aliphatic carbocycles. The Kier molecular flexibility index (Phi) is 13.3. The summed E-state index contributed by atoms with van der Waals surface area (Å²) in [6.45, 7) is 0. The van der Waals surface area contributed by atoms with E-state index in [9.17, 15) is 39.5 Å². The van der Waals surface area contributed by atoms with Gasteiger partial charge in [0.1, 0.15) is 0 Å². The lowest BCUT2D eigenvalue weighted by atomic mass is 10.3. The molecule has 16 heteroatoms. The first kappa shape index (κ1) is 29.5. The molecule has 0 unspecified atom stereocenters. The monoisotopic (exact) mass is 427 g/mol. The van der Waals surface area contributed by atoms with Gasteiger partial charge in [0.05, 0.1) is 0 Å². The predicted molar refractivity (Wildman–Crippen MR) is 67.5 cm³/mol. The Morgan fingerprint density at radius 2 is 0.778 bits per heavy atom. The molecule has 0 aromatic heterocycles. The van der Waals surface area contributed by atoms with Gasteiger partial charge >= 0.3 is 36.4 Å². The van der Waals surface area contributed by atoms with Crippen LogP contribution in [0.2, 0.25) is 0 Å². The first-order valence-corrected chi connectivity index (χ1v) is 6.38. The minimum atomic E-state index is -5.08. The molecule has 0 spiro atoms. The van der Waals surface area contributed by atoms with Gasteiger partial charge in [-0.1, -0.05) is 12.8 Å². The Labute approximate surface area is 144 Å². The number of aliphatic carboxylic acids is 3. The number of halogens is 9. The Morgan fingerprint density at radius 3 is 0.815 bits per heavy atom. The summed E-state index contributed by atoms with van der Waals surface area (Å²) >= 11 is 0. The van der Waals surface area contributed by atoms with Crippen LogP contribution < -0.4 is 5.73 Å². The van der Waals surface area contributed by atoms with Crippen molar-refractivity contribution in [3.8, 4) is 0 Å². The van der Waals surface area contributed by atoms with Gasteiger partial charge in [-0.25, -0.2) is 14.4 Å². The van der Waals surface area contributed by atoms with Crippen molar-refractivity contribution in [2.24, 2.45) is 5.73 Å². The highest BCUT2D eigenvalue weighted by atomic mass is 19.4. The normalized spacial score (nSPS) is 14.4. The van der Waals surface area contributed by atoms with Crippen molar-refractivity contribution in [3.05, 3.63) is 0 Å². The summed E-state index contributed by atoms with van der Waals surface area (Å²) in [5.74, 6) is -8.27. The molecular formula is C11H14F9NO6. The topological polar surface area (TPSA) is 138 Å². The van der Waals surface area contributed by atoms with Crippen LogP contribution in [0, 0.1) is 0 Å². The van der Waals surface area contributed by atoms with E-state index >= 15 is 0 Å². The predicted octanol–water partition coefficient (Wildman–Crippen LogP) is 2.79. The van der Waals surface area contributed by atoms with E-state index in [0.717, 1.165) is 0 Å². The van der Waals surface area contributed by atoms with Crippen LogP contribution >= 0.6 is 0 Å². The van der Waals surface area contributed by atoms with Crippen LogP contribution in [-0.4, -0.2) is 57.8 Å². The summed E-state index contributed by atoms with van der Waals surface area (Å²) in [6, 6.07) is 0.546. The lowest BCUT2D eigenvalue weighted by Crippen LogP contribution is -2.21. The summed E-state index contributed by atoms with van der Waals surface area (Å²) < 4.78 is 95.2. The van der Waals surface area contributed by atoms with Crippen LogP contribution in [0.15, 0.2) is 0 Å². The van der Waals surface area contributed by atoms with E-state index in [1.165, 1.54) is 25.7 Å². The van der Waals surface area contributed by atoms with Crippen LogP contribution in [0.3, 0.4) is 0 Å². The zero-order chi connectivity index (χ0) is 22.6. The average molecular weight is 427 g/mol. The van der Waals surface area contributed by atoms with Gasteiger partial charge in [0.25, 0.3) is 0 Å². The summed E-state index contributed by atoms with van der Waals surface area (Å²) in [7, 11) is 0. The van der Waals surface area contributed by atoms with Gasteiger partial charge in [0, 0.05) is 6.04 Å². The minimum Gasteiger partial charge on any atom is -0.475 e. The molecule has 0 amide bonds. The van der Waals surface area contributed by atoms with Gasteiger partial charge in [-0.05, 0) is 12.8 Å². The molecule has 162 valence electrons. The van der Waals surface area contributed by atoms with E-state index in [0.29, 0.717) is 6.04 Å². The van der Waals surface area contributed by atoms with E-state index in [2.05, 4.69) is 0 Å². The fourth-order valence-electron chi connectivity index (χ4n) is 0.957. The molecule has 0 saturated heterocycles. The lowest BCUT2D eigenvalue weighted by Gasteiger charge is -1.93. The summed E-state index contributed by atoms with van der Waals surface area (Å²) in [5.41, 5.74) is 5.53. The maximum absolute atomic E-state index is 10.6. The van der Waals surface area contributed by atoms with Crippen molar-refractivity contribution < 1.29 is 69.2 Å². The number of alkyl halides is 9. The molecule has 0 bridgehead atoms. The fourth-order valence-corrected chi connectivity index (χ4v) is 0.957. The molecular weight excluding hydrogens is 413 g/mol. The SMILES string of the molecule is NC1CCCC1.O=C(O)C(F)(F)F.O=C(O)C(F)(F)F.O=C(O)C(F)(F)F. The maximum atomic E-state index is 10.6. The van der Waals surface area contributed by atoms with Crippen molar-refractivity contribution >= 4 is 17.9 Å². The number of nitrogens with two attached hydrogens (primary N) is 1. The standard InChI is InChI=1S/C5H11N.3C2HF3O2/c6-5-3-1-2-4-5;3*3-2(4,5)1(6)7/h5H,1-4,6H2;3*(H,6,7). The molecule has 27 heavy (non-hydrogen) atoms. The zero-order valence-electron chi connectivity index (χ0n) is 13.0. The van der Waals surface area contributed by atoms with E-state index in [4.69, 9.17) is 35.4 Å². The highest BCUT2D eigenvalue weighted by Gasteiger charge is 2.39. The largest absolute Gasteiger partial charge is 0.490 e. The van der Waals surface area contributed by atoms with Gasteiger partial charge in [-0.3, -0.25) is 0 Å². The second-order valence-corrected chi connectivity index (χ2v) is 4.45. The fraction of sp³-hybridized carbons (Fsp3) is 0.727. The van der Waals surface area contributed by atoms with Crippen LogP contribution in [0.1, 0.15) is 25.7 Å². The maximum Gasteiger partial charge on any atom is 0.490 e. The molecule has 7 nitrogen and oxygen atoms in total. The molecule has 1 aliphatic rings. The number of hydrogen-bond donors (Lipinski definition) is 4. The molecule has 0 aromatic rings. The molecule has 1 fully saturated rings. The van der Waals surface area contributed by atoms with Gasteiger partial charge in [0.2, 0.25) is 0 Å². The van der Waals surface area contributed by atoms with Crippen LogP contribution in [0.25, 0.3) is 0 Å². The second-order valence-electron chi connectivity index (χ2n) is 4.45. The molecule has 1 saturated carbocycles. The summed E-state index contributed by atoms with van der Waals surface area (Å²) in [5, 5.41) is 21.4. The summed E-state index contributed by atoms with van der Waals surface area (Å²) in [6.07, 6.45) is -10.00. The Morgan fingerprint density at radius 1 is 0.630 bits per heavy atom. The lowest BCUT2D eigenvalue weighted by molar-refractivity contribution is -0.193. The first-order valence-electron chi connectivity index (χ1n) is 6.38. The van der Waals surface area contributed by atoms with Gasteiger partial charge in [-0.15, -0.1) is 0 Å². The molecule has 0 aromatic carbocycles. The number of rotatable bonds is 0. The van der Waals surface area contributed by atoms with E-state index in [1.807, 2.05) is 0 Å². The van der Waals surface area contributed by atoms with Crippen LogP contribution in [0.5, 0.6) is 0 Å². The van der Waals surface area contributed by atoms with E-state index in [-0.39, 0.29) is 0 Å². The average Bonchev–Trinajstić information content (AvgIpc) is 2.88. The number of carbonyl (C=O) groups is 3. The van der Waals surface area contributed by atoms with Crippen molar-refractivity contribution in [3.63, 3.8) is 0 Å². The Hall–Kier alpha value is -2.26. The van der Waals surface area contributed by atoms with Gasteiger partial charge < -0.3 is 21.1 Å². The molecule has 0 atom stereocenters. The highest BCUT2D eigenvalue weighted by molar-refractivity contribution is 5.73. The number of carboxylic acids is 3. The number of carboxylic acid groups (broad SMARTS) is 3. The molecule has 0 radical (unpaired) electrons. The smallest absolute Gasteiger partial charge is 0.475 e. The molecule has 1 rings (SSSR count).